The van der Waals surface area contributed by atoms with E-state index in [1.807, 2.05) is 0 Å². The van der Waals surface area contributed by atoms with Crippen LogP contribution in [0.25, 0.3) is 10.2 Å². The van der Waals surface area contributed by atoms with Gasteiger partial charge in [-0.25, -0.2) is 0 Å². The molecule has 3 heterocycles. The van der Waals surface area contributed by atoms with Gasteiger partial charge in [0, 0.05) is 35.8 Å². The van der Waals surface area contributed by atoms with Gasteiger partial charge in [-0.2, -0.15) is 0 Å². The maximum Gasteiger partial charge on any atom is 0.0783 e. The average Bonchev–Trinajstić information content (AvgIpc) is 2.81. The third kappa shape index (κ3) is 2.07. The number of nitrogens with one attached hydrogen (secondary N) is 1. The molecule has 1 aliphatic heterocycles. The van der Waals surface area contributed by atoms with Crippen LogP contribution in [0.15, 0.2) is 0 Å². The quantitative estimate of drug-likeness (QED) is 0.916. The van der Waals surface area contributed by atoms with E-state index in [9.17, 15) is 0 Å². The smallest absolute Gasteiger partial charge is 0.0783 e. The van der Waals surface area contributed by atoms with Crippen molar-refractivity contribution in [2.45, 2.75) is 20.4 Å². The van der Waals surface area contributed by atoms with Crippen LogP contribution in [0.1, 0.15) is 16.1 Å². The molecular formula is C13H17ClN2OS. The maximum atomic E-state index is 6.32. The Bertz CT molecular complexity index is 569. The number of morpholine rings is 1. The average molecular weight is 285 g/mol. The Kier molecular flexibility index (Phi) is 3.36. The zero-order chi connectivity index (χ0) is 12.7. The lowest BCUT2D eigenvalue weighted by atomic mass is 10.2. The molecule has 0 bridgehead atoms. The molecule has 3 rings (SSSR count). The van der Waals surface area contributed by atoms with Crippen LogP contribution < -0.4 is 0 Å². The summed E-state index contributed by atoms with van der Waals surface area (Å²) in [6.07, 6.45) is 0. The molecule has 1 fully saturated rings. The van der Waals surface area contributed by atoms with Gasteiger partial charge in [0.15, 0.2) is 0 Å². The normalized spacial score (nSPS) is 17.7. The number of aromatic amines is 1. The first-order valence-electron chi connectivity index (χ1n) is 6.23. The number of halogens is 1. The van der Waals surface area contributed by atoms with E-state index >= 15 is 0 Å². The fraction of sp³-hybridized carbons (Fsp3) is 0.538. The molecule has 1 N–H and O–H groups in total. The van der Waals surface area contributed by atoms with Gasteiger partial charge >= 0.3 is 0 Å². The minimum Gasteiger partial charge on any atom is -0.379 e. The lowest BCUT2D eigenvalue weighted by Gasteiger charge is -2.26. The Morgan fingerprint density at radius 1 is 1.33 bits per heavy atom. The van der Waals surface area contributed by atoms with Crippen LogP contribution in [-0.4, -0.2) is 36.2 Å². The van der Waals surface area contributed by atoms with Crippen LogP contribution in [0.5, 0.6) is 0 Å². The maximum absolute atomic E-state index is 6.32. The Morgan fingerprint density at radius 2 is 2.06 bits per heavy atom. The van der Waals surface area contributed by atoms with Gasteiger partial charge in [-0.1, -0.05) is 11.6 Å². The van der Waals surface area contributed by atoms with E-state index in [4.69, 9.17) is 16.3 Å². The van der Waals surface area contributed by atoms with Gasteiger partial charge in [-0.05, 0) is 13.8 Å². The van der Waals surface area contributed by atoms with Crippen LogP contribution in [0.3, 0.4) is 0 Å². The van der Waals surface area contributed by atoms with Crippen molar-refractivity contribution in [1.29, 1.82) is 0 Å². The minimum atomic E-state index is 0.844. The van der Waals surface area contributed by atoms with E-state index in [1.54, 1.807) is 11.3 Å². The number of hydrogen-bond donors (Lipinski definition) is 1. The summed E-state index contributed by atoms with van der Waals surface area (Å²) < 4.78 is 6.71. The van der Waals surface area contributed by atoms with Gasteiger partial charge in [0.25, 0.3) is 0 Å². The van der Waals surface area contributed by atoms with Crippen molar-refractivity contribution in [3.05, 3.63) is 21.2 Å². The van der Waals surface area contributed by atoms with E-state index in [2.05, 4.69) is 23.7 Å². The summed E-state index contributed by atoms with van der Waals surface area (Å²) in [4.78, 5) is 7.07. The molecular weight excluding hydrogens is 268 g/mol. The van der Waals surface area contributed by atoms with E-state index < -0.39 is 0 Å². The molecule has 0 saturated carbocycles. The molecule has 2 aromatic heterocycles. The summed E-state index contributed by atoms with van der Waals surface area (Å²) in [5.41, 5.74) is 3.75. The van der Waals surface area contributed by atoms with Crippen LogP contribution in [0.2, 0.25) is 5.02 Å². The van der Waals surface area contributed by atoms with Crippen molar-refractivity contribution in [3.8, 4) is 0 Å². The summed E-state index contributed by atoms with van der Waals surface area (Å²) in [7, 11) is 0. The lowest BCUT2D eigenvalue weighted by Crippen LogP contribution is -2.35. The second-order valence-corrected chi connectivity index (χ2v) is 6.40. The second kappa shape index (κ2) is 4.85. The summed E-state index contributed by atoms with van der Waals surface area (Å²) in [5.74, 6) is 0. The third-order valence-corrected chi connectivity index (χ3v) is 5.28. The van der Waals surface area contributed by atoms with E-state index in [-0.39, 0.29) is 0 Å². The van der Waals surface area contributed by atoms with Crippen LogP contribution in [0.4, 0.5) is 0 Å². The largest absolute Gasteiger partial charge is 0.379 e. The molecule has 1 aliphatic rings. The number of aromatic nitrogens is 1. The molecule has 0 amide bonds. The zero-order valence-corrected chi connectivity index (χ0v) is 12.2. The molecule has 2 aromatic rings. The topological polar surface area (TPSA) is 28.3 Å². The fourth-order valence-electron chi connectivity index (χ4n) is 2.46. The van der Waals surface area contributed by atoms with Crippen LogP contribution in [0, 0.1) is 13.8 Å². The van der Waals surface area contributed by atoms with Gasteiger partial charge < -0.3 is 9.72 Å². The van der Waals surface area contributed by atoms with Crippen molar-refractivity contribution in [2.24, 2.45) is 0 Å². The number of rotatable bonds is 2. The van der Waals surface area contributed by atoms with E-state index in [0.29, 0.717) is 0 Å². The first kappa shape index (κ1) is 12.5. The predicted octanol–water partition coefficient (Wildman–Crippen LogP) is 3.33. The number of nitrogens with zero attached hydrogens (tertiary/aromatic N) is 1. The molecule has 98 valence electrons. The highest BCUT2D eigenvalue weighted by Gasteiger charge is 2.19. The molecule has 3 nitrogen and oxygen atoms in total. The monoisotopic (exact) mass is 284 g/mol. The standard InChI is InChI=1S/C13H17ClN2OS/c1-8-10(7-16-3-5-17-6-4-16)13-12(15-8)11(14)9(2)18-13/h15H,3-7H2,1-2H3. The van der Waals surface area contributed by atoms with Gasteiger partial charge in [0.2, 0.25) is 0 Å². The first-order chi connectivity index (χ1) is 8.66. The molecule has 0 atom stereocenters. The Balaban J connectivity index is 1.94. The number of hydrogen-bond acceptors (Lipinski definition) is 3. The van der Waals surface area contributed by atoms with Gasteiger partial charge in [-0.3, -0.25) is 4.90 Å². The van der Waals surface area contributed by atoms with Gasteiger partial charge in [-0.15, -0.1) is 11.3 Å². The number of aryl methyl sites for hydroxylation is 2. The SMILES string of the molecule is Cc1[nH]c2c(Cl)c(C)sc2c1CN1CCOCC1. The fourth-order valence-corrected chi connectivity index (χ4v) is 3.86. The molecule has 18 heavy (non-hydrogen) atoms. The highest BCUT2D eigenvalue weighted by atomic mass is 35.5. The van der Waals surface area contributed by atoms with Crippen molar-refractivity contribution in [3.63, 3.8) is 0 Å². The molecule has 1 saturated heterocycles. The minimum absolute atomic E-state index is 0.844. The third-order valence-electron chi connectivity index (χ3n) is 3.54. The zero-order valence-electron chi connectivity index (χ0n) is 10.7. The molecule has 0 spiro atoms. The Morgan fingerprint density at radius 3 is 2.78 bits per heavy atom. The lowest BCUT2D eigenvalue weighted by molar-refractivity contribution is 0.0343. The van der Waals surface area contributed by atoms with E-state index in [0.717, 1.165) is 43.4 Å². The van der Waals surface area contributed by atoms with Gasteiger partial charge in [0.1, 0.15) is 0 Å². The first-order valence-corrected chi connectivity index (χ1v) is 7.42. The van der Waals surface area contributed by atoms with Crippen LogP contribution in [-0.2, 0) is 11.3 Å². The number of ether oxygens (including phenoxy) is 1. The van der Waals surface area contributed by atoms with Crippen molar-refractivity contribution >= 4 is 33.2 Å². The Labute approximate surface area is 116 Å². The highest BCUT2D eigenvalue weighted by molar-refractivity contribution is 7.19. The van der Waals surface area contributed by atoms with Crippen molar-refractivity contribution < 1.29 is 4.74 Å². The molecule has 0 radical (unpaired) electrons. The van der Waals surface area contributed by atoms with E-state index in [1.165, 1.54) is 20.8 Å². The number of thiophene rings is 1. The number of fused-ring (bicyclic) bond motifs is 1. The van der Waals surface area contributed by atoms with Crippen molar-refractivity contribution in [1.82, 2.24) is 9.88 Å². The summed E-state index contributed by atoms with van der Waals surface area (Å²) >= 11 is 8.11. The van der Waals surface area contributed by atoms with Crippen LogP contribution >= 0.6 is 22.9 Å². The summed E-state index contributed by atoms with van der Waals surface area (Å²) in [6.45, 7) is 8.93. The molecule has 0 unspecified atom stereocenters. The summed E-state index contributed by atoms with van der Waals surface area (Å²) in [5, 5.41) is 0.881. The molecule has 0 aromatic carbocycles. The second-order valence-electron chi connectivity index (χ2n) is 4.79. The van der Waals surface area contributed by atoms with Gasteiger partial charge in [0.05, 0.1) is 28.5 Å². The number of H-pyrrole nitrogens is 1. The summed E-state index contributed by atoms with van der Waals surface area (Å²) in [6, 6.07) is 0. The molecule has 5 heteroatoms. The Hall–Kier alpha value is -0.550. The molecule has 0 aliphatic carbocycles. The van der Waals surface area contributed by atoms with Crippen molar-refractivity contribution in [2.75, 3.05) is 26.3 Å². The predicted molar refractivity (Wildman–Crippen MR) is 76.8 cm³/mol. The highest BCUT2D eigenvalue weighted by Crippen LogP contribution is 2.38.